The van der Waals surface area contributed by atoms with Crippen molar-refractivity contribution in [3.63, 3.8) is 0 Å². The van der Waals surface area contributed by atoms with Gasteiger partial charge in [-0.15, -0.1) is 0 Å². The lowest BCUT2D eigenvalue weighted by Crippen LogP contribution is -2.17. The first-order chi connectivity index (χ1) is 6.17. The number of nitrogens with two attached hydrogens (primary N) is 1. The third-order valence-electron chi connectivity index (χ3n) is 1.67. The Labute approximate surface area is 78.4 Å². The number of likely N-dealkylation sites (N-methyl/N-ethyl adjacent to an activating group) is 1. The molecular weight excluding hydrogens is 166 g/mol. The van der Waals surface area contributed by atoms with Crippen LogP contribution in [0, 0.1) is 0 Å². The highest BCUT2D eigenvalue weighted by Gasteiger charge is 2.02. The van der Waals surface area contributed by atoms with Crippen molar-refractivity contribution in [2.75, 3.05) is 14.1 Å². The normalized spacial score (nSPS) is 13.5. The molecule has 0 amide bonds. The average molecular weight is 181 g/mol. The summed E-state index contributed by atoms with van der Waals surface area (Å²) in [5.74, 6) is 0. The minimum atomic E-state index is 0.518. The molecule has 0 aliphatic heterocycles. The van der Waals surface area contributed by atoms with Crippen molar-refractivity contribution in [3.8, 4) is 0 Å². The van der Waals surface area contributed by atoms with Gasteiger partial charge in [-0.05, 0) is 13.0 Å². The van der Waals surface area contributed by atoms with Gasteiger partial charge in [0.1, 0.15) is 0 Å². The molecule has 0 bridgehead atoms. The lowest BCUT2D eigenvalue weighted by atomic mass is 10.3. The Morgan fingerprint density at radius 2 is 2.15 bits per heavy atom. The molecule has 0 saturated carbocycles. The molecule has 0 aromatic heterocycles. The number of aliphatic imine (C=N–C) groups is 1. The Morgan fingerprint density at radius 3 is 2.54 bits per heavy atom. The summed E-state index contributed by atoms with van der Waals surface area (Å²) in [4.78, 5) is 16.1. The van der Waals surface area contributed by atoms with Crippen LogP contribution in [0.5, 0.6) is 0 Å². The Bertz CT molecular complexity index is 254. The zero-order chi connectivity index (χ0) is 10.3. The van der Waals surface area contributed by atoms with E-state index in [1.54, 1.807) is 31.3 Å². The van der Waals surface area contributed by atoms with Crippen molar-refractivity contribution in [2.45, 2.75) is 6.92 Å². The fourth-order valence-electron chi connectivity index (χ4n) is 0.696. The minimum absolute atomic E-state index is 0.518. The van der Waals surface area contributed by atoms with E-state index in [0.29, 0.717) is 5.70 Å². The van der Waals surface area contributed by atoms with Gasteiger partial charge in [-0.25, -0.2) is 0 Å². The molecule has 0 aromatic rings. The summed E-state index contributed by atoms with van der Waals surface area (Å²) in [6.45, 7) is 1.82. The van der Waals surface area contributed by atoms with Crippen molar-refractivity contribution < 1.29 is 4.79 Å². The molecule has 0 spiro atoms. The average Bonchev–Trinajstić information content (AvgIpc) is 2.17. The molecule has 72 valence electrons. The highest BCUT2D eigenvalue weighted by Crippen LogP contribution is 2.05. The van der Waals surface area contributed by atoms with E-state index < -0.39 is 0 Å². The number of nitrogens with zero attached hydrogens (tertiary/aromatic N) is 2. The molecule has 0 unspecified atom stereocenters. The van der Waals surface area contributed by atoms with E-state index in [-0.39, 0.29) is 0 Å². The Kier molecular flexibility index (Phi) is 5.27. The third kappa shape index (κ3) is 3.55. The Hall–Kier alpha value is -1.58. The van der Waals surface area contributed by atoms with Gasteiger partial charge in [0.15, 0.2) is 6.29 Å². The van der Waals surface area contributed by atoms with Gasteiger partial charge in [0.05, 0.1) is 5.70 Å². The fraction of sp³-hybridized carbons (Fsp3) is 0.333. The monoisotopic (exact) mass is 181 g/mol. The molecule has 0 aliphatic carbocycles. The van der Waals surface area contributed by atoms with E-state index in [9.17, 15) is 4.79 Å². The zero-order valence-corrected chi connectivity index (χ0v) is 8.19. The van der Waals surface area contributed by atoms with E-state index in [1.807, 2.05) is 6.92 Å². The number of carbonyl (C=O) groups excluding carboxylic acids is 1. The van der Waals surface area contributed by atoms with Gasteiger partial charge < -0.3 is 10.6 Å². The number of rotatable bonds is 4. The van der Waals surface area contributed by atoms with Crippen molar-refractivity contribution in [1.29, 1.82) is 0 Å². The molecule has 0 fully saturated rings. The van der Waals surface area contributed by atoms with Gasteiger partial charge in [-0.1, -0.05) is 0 Å². The maximum absolute atomic E-state index is 10.6. The highest BCUT2D eigenvalue weighted by molar-refractivity contribution is 5.83. The summed E-state index contributed by atoms with van der Waals surface area (Å²) in [5, 5.41) is 0. The molecule has 0 aromatic carbocycles. The predicted molar refractivity (Wildman–Crippen MR) is 54.3 cm³/mol. The molecule has 0 radical (unpaired) electrons. The molecule has 0 aliphatic rings. The van der Waals surface area contributed by atoms with Crippen molar-refractivity contribution in [2.24, 2.45) is 10.7 Å². The smallest absolute Gasteiger partial charge is 0.166 e. The third-order valence-corrected chi connectivity index (χ3v) is 1.67. The number of aldehydes is 1. The summed E-state index contributed by atoms with van der Waals surface area (Å²) >= 11 is 0. The fourth-order valence-corrected chi connectivity index (χ4v) is 0.696. The van der Waals surface area contributed by atoms with Crippen molar-refractivity contribution in [1.82, 2.24) is 4.90 Å². The first-order valence-electron chi connectivity index (χ1n) is 3.87. The van der Waals surface area contributed by atoms with Crippen LogP contribution in [0.15, 0.2) is 28.7 Å². The Morgan fingerprint density at radius 1 is 1.54 bits per heavy atom. The quantitative estimate of drug-likeness (QED) is 0.391. The van der Waals surface area contributed by atoms with Crippen LogP contribution in [0.1, 0.15) is 6.92 Å². The molecule has 0 saturated heterocycles. The molecule has 0 heterocycles. The van der Waals surface area contributed by atoms with Crippen LogP contribution in [0.3, 0.4) is 0 Å². The summed E-state index contributed by atoms with van der Waals surface area (Å²) in [5.41, 5.74) is 6.64. The zero-order valence-electron chi connectivity index (χ0n) is 8.19. The van der Waals surface area contributed by atoms with Crippen LogP contribution < -0.4 is 5.73 Å². The van der Waals surface area contributed by atoms with E-state index in [4.69, 9.17) is 5.73 Å². The SMILES string of the molecule is CN=C/C=C(/C=O)N(C)/C(C)=C/N. The summed E-state index contributed by atoms with van der Waals surface area (Å²) in [6, 6.07) is 0. The largest absolute Gasteiger partial charge is 0.403 e. The number of allylic oxidation sites excluding steroid dienone is 3. The van der Waals surface area contributed by atoms with Gasteiger partial charge in [0.25, 0.3) is 0 Å². The molecule has 4 nitrogen and oxygen atoms in total. The first kappa shape index (κ1) is 11.4. The number of carbonyl (C=O) groups is 1. The van der Waals surface area contributed by atoms with Gasteiger partial charge >= 0.3 is 0 Å². The second-order valence-corrected chi connectivity index (χ2v) is 2.48. The molecule has 13 heavy (non-hydrogen) atoms. The van der Waals surface area contributed by atoms with Crippen LogP contribution in [0.25, 0.3) is 0 Å². The lowest BCUT2D eigenvalue weighted by Gasteiger charge is -2.18. The number of hydrogen-bond acceptors (Lipinski definition) is 4. The molecule has 0 rings (SSSR count). The van der Waals surface area contributed by atoms with Crippen LogP contribution in [0.2, 0.25) is 0 Å². The maximum Gasteiger partial charge on any atom is 0.166 e. The summed E-state index contributed by atoms with van der Waals surface area (Å²) in [6.07, 6.45) is 5.39. The topological polar surface area (TPSA) is 58.7 Å². The molecule has 4 heteroatoms. The van der Waals surface area contributed by atoms with Crippen LogP contribution in [-0.4, -0.2) is 31.5 Å². The molecule has 2 N–H and O–H groups in total. The second-order valence-electron chi connectivity index (χ2n) is 2.48. The van der Waals surface area contributed by atoms with Crippen LogP contribution in [0.4, 0.5) is 0 Å². The van der Waals surface area contributed by atoms with Gasteiger partial charge in [-0.3, -0.25) is 9.79 Å². The second kappa shape index (κ2) is 5.99. The minimum Gasteiger partial charge on any atom is -0.403 e. The van der Waals surface area contributed by atoms with Crippen molar-refractivity contribution >= 4 is 12.5 Å². The lowest BCUT2D eigenvalue weighted by molar-refractivity contribution is -0.105. The van der Waals surface area contributed by atoms with Gasteiger partial charge in [0.2, 0.25) is 0 Å². The Balaban J connectivity index is 4.68. The highest BCUT2D eigenvalue weighted by atomic mass is 16.1. The van der Waals surface area contributed by atoms with Gasteiger partial charge in [-0.2, -0.15) is 0 Å². The van der Waals surface area contributed by atoms with E-state index in [2.05, 4.69) is 4.99 Å². The first-order valence-corrected chi connectivity index (χ1v) is 3.87. The maximum atomic E-state index is 10.6. The van der Waals surface area contributed by atoms with Gasteiger partial charge in [0, 0.05) is 32.2 Å². The summed E-state index contributed by atoms with van der Waals surface area (Å²) < 4.78 is 0. The van der Waals surface area contributed by atoms with Crippen LogP contribution >= 0.6 is 0 Å². The molecule has 0 atom stereocenters. The summed E-state index contributed by atoms with van der Waals surface area (Å²) in [7, 11) is 3.41. The number of hydrogen-bond donors (Lipinski definition) is 1. The van der Waals surface area contributed by atoms with E-state index >= 15 is 0 Å². The standard InChI is InChI=1S/C9H15N3O/c1-8(6-10)12(3)9(7-13)4-5-11-2/h4-7H,10H2,1-3H3/b8-6+,9-4-,11-5?. The van der Waals surface area contributed by atoms with E-state index in [0.717, 1.165) is 12.0 Å². The van der Waals surface area contributed by atoms with Crippen molar-refractivity contribution in [3.05, 3.63) is 23.7 Å². The van der Waals surface area contributed by atoms with Crippen LogP contribution in [-0.2, 0) is 4.79 Å². The van der Waals surface area contributed by atoms with E-state index in [1.165, 1.54) is 6.20 Å². The molecular formula is C9H15N3O. The predicted octanol–water partition coefficient (Wildman–Crippen LogP) is 0.522.